The molecular formula is C18H15FN4O. The zero-order valence-electron chi connectivity index (χ0n) is 13.1. The molecule has 0 bridgehead atoms. The number of carbonyl (C=O) groups is 1. The number of hydrogen-bond acceptors (Lipinski definition) is 4. The molecule has 2 aromatic carbocycles. The predicted octanol–water partition coefficient (Wildman–Crippen LogP) is 3.42. The number of halogens is 1. The van der Waals surface area contributed by atoms with E-state index in [2.05, 4.69) is 15.3 Å². The van der Waals surface area contributed by atoms with Gasteiger partial charge in [-0.1, -0.05) is 0 Å². The molecule has 24 heavy (non-hydrogen) atoms. The standard InChI is InChI=1S/C18H15FN4O/c1-11(24)23-7-6-12-8-14(3-5-17(12)23)22-18-15-9-13(19)2-4-16(15)20-10-21-18/h2-5,8-10H,6-7H2,1H3,(H,20,21,22). The van der Waals surface area contributed by atoms with Gasteiger partial charge in [0, 0.05) is 30.2 Å². The molecular weight excluding hydrogens is 307 g/mol. The second-order valence-corrected chi connectivity index (χ2v) is 5.77. The van der Waals surface area contributed by atoms with Gasteiger partial charge in [-0.15, -0.1) is 0 Å². The molecule has 0 saturated carbocycles. The lowest BCUT2D eigenvalue weighted by atomic mass is 10.1. The van der Waals surface area contributed by atoms with E-state index in [4.69, 9.17) is 0 Å². The Bertz CT molecular complexity index is 957. The van der Waals surface area contributed by atoms with Crippen LogP contribution in [0.1, 0.15) is 12.5 Å². The summed E-state index contributed by atoms with van der Waals surface area (Å²) >= 11 is 0. The summed E-state index contributed by atoms with van der Waals surface area (Å²) in [6.45, 7) is 2.28. The topological polar surface area (TPSA) is 58.1 Å². The Balaban J connectivity index is 1.70. The highest BCUT2D eigenvalue weighted by molar-refractivity contribution is 5.95. The summed E-state index contributed by atoms with van der Waals surface area (Å²) < 4.78 is 13.5. The molecule has 0 saturated heterocycles. The molecule has 1 amide bonds. The molecule has 1 aromatic heterocycles. The first kappa shape index (κ1) is 14.6. The lowest BCUT2D eigenvalue weighted by molar-refractivity contribution is -0.116. The van der Waals surface area contributed by atoms with Gasteiger partial charge in [0.15, 0.2) is 0 Å². The molecule has 0 atom stereocenters. The molecule has 1 N–H and O–H groups in total. The monoisotopic (exact) mass is 322 g/mol. The summed E-state index contributed by atoms with van der Waals surface area (Å²) in [5.41, 5.74) is 3.59. The summed E-state index contributed by atoms with van der Waals surface area (Å²) in [6.07, 6.45) is 2.27. The van der Waals surface area contributed by atoms with Gasteiger partial charge in [-0.3, -0.25) is 4.79 Å². The Morgan fingerprint density at radius 3 is 2.92 bits per heavy atom. The van der Waals surface area contributed by atoms with Crippen molar-refractivity contribution in [2.24, 2.45) is 0 Å². The molecule has 1 aliphatic rings. The summed E-state index contributed by atoms with van der Waals surface area (Å²) in [5.74, 6) is 0.277. The summed E-state index contributed by atoms with van der Waals surface area (Å²) in [5, 5.41) is 3.85. The fraction of sp³-hybridized carbons (Fsp3) is 0.167. The average Bonchev–Trinajstić information content (AvgIpc) is 2.99. The highest BCUT2D eigenvalue weighted by atomic mass is 19.1. The van der Waals surface area contributed by atoms with Crippen molar-refractivity contribution >= 4 is 34.0 Å². The van der Waals surface area contributed by atoms with E-state index in [1.807, 2.05) is 18.2 Å². The first-order chi connectivity index (χ1) is 11.6. The van der Waals surface area contributed by atoms with Crippen LogP contribution in [-0.2, 0) is 11.2 Å². The molecule has 3 aromatic rings. The van der Waals surface area contributed by atoms with Crippen LogP contribution in [0.25, 0.3) is 10.9 Å². The van der Waals surface area contributed by atoms with Crippen LogP contribution in [0.4, 0.5) is 21.6 Å². The number of benzene rings is 2. The first-order valence-corrected chi connectivity index (χ1v) is 7.70. The third-order valence-corrected chi connectivity index (χ3v) is 4.22. The van der Waals surface area contributed by atoms with Crippen LogP contribution < -0.4 is 10.2 Å². The second kappa shape index (κ2) is 5.56. The van der Waals surface area contributed by atoms with Crippen LogP contribution in [0.3, 0.4) is 0 Å². The van der Waals surface area contributed by atoms with Crippen LogP contribution in [0.2, 0.25) is 0 Å². The van der Waals surface area contributed by atoms with Gasteiger partial charge in [0.25, 0.3) is 0 Å². The zero-order chi connectivity index (χ0) is 16.7. The Morgan fingerprint density at radius 1 is 1.21 bits per heavy atom. The largest absolute Gasteiger partial charge is 0.340 e. The second-order valence-electron chi connectivity index (χ2n) is 5.77. The molecule has 5 nitrogen and oxygen atoms in total. The van der Waals surface area contributed by atoms with Crippen molar-refractivity contribution in [2.75, 3.05) is 16.8 Å². The molecule has 6 heteroatoms. The summed E-state index contributed by atoms with van der Waals surface area (Å²) in [4.78, 5) is 21.8. The van der Waals surface area contributed by atoms with Crippen molar-refractivity contribution in [3.63, 3.8) is 0 Å². The van der Waals surface area contributed by atoms with Crippen LogP contribution in [0.15, 0.2) is 42.7 Å². The Kier molecular flexibility index (Phi) is 3.37. The fourth-order valence-electron chi connectivity index (χ4n) is 3.07. The third kappa shape index (κ3) is 2.46. The molecule has 2 heterocycles. The molecule has 1 aliphatic heterocycles. The number of fused-ring (bicyclic) bond motifs is 2. The Morgan fingerprint density at radius 2 is 2.08 bits per heavy atom. The number of anilines is 3. The minimum Gasteiger partial charge on any atom is -0.340 e. The van der Waals surface area contributed by atoms with E-state index in [1.54, 1.807) is 17.9 Å². The van der Waals surface area contributed by atoms with Crippen LogP contribution in [-0.4, -0.2) is 22.4 Å². The number of hydrogen-bond donors (Lipinski definition) is 1. The molecule has 0 unspecified atom stereocenters. The van der Waals surface area contributed by atoms with E-state index in [0.717, 1.165) is 23.4 Å². The van der Waals surface area contributed by atoms with Gasteiger partial charge in [0.1, 0.15) is 18.0 Å². The molecule has 120 valence electrons. The lowest BCUT2D eigenvalue weighted by Gasteiger charge is -2.15. The molecule has 0 aliphatic carbocycles. The smallest absolute Gasteiger partial charge is 0.223 e. The fourth-order valence-corrected chi connectivity index (χ4v) is 3.07. The molecule has 0 fully saturated rings. The minimum atomic E-state index is -0.327. The Hall–Kier alpha value is -3.02. The van der Waals surface area contributed by atoms with Gasteiger partial charge in [-0.25, -0.2) is 14.4 Å². The quantitative estimate of drug-likeness (QED) is 0.785. The van der Waals surface area contributed by atoms with Gasteiger partial charge in [-0.05, 0) is 48.4 Å². The number of rotatable bonds is 2. The van der Waals surface area contributed by atoms with Gasteiger partial charge in [-0.2, -0.15) is 0 Å². The highest BCUT2D eigenvalue weighted by Crippen LogP contribution is 2.32. The van der Waals surface area contributed by atoms with Crippen LogP contribution >= 0.6 is 0 Å². The zero-order valence-corrected chi connectivity index (χ0v) is 13.1. The molecule has 0 spiro atoms. The minimum absolute atomic E-state index is 0.0479. The number of carbonyl (C=O) groups excluding carboxylic acids is 1. The molecule has 4 rings (SSSR count). The predicted molar refractivity (Wildman–Crippen MR) is 91.0 cm³/mol. The van der Waals surface area contributed by atoms with Gasteiger partial charge < -0.3 is 10.2 Å². The van der Waals surface area contributed by atoms with E-state index in [1.165, 1.54) is 18.5 Å². The average molecular weight is 322 g/mol. The number of aromatic nitrogens is 2. The van der Waals surface area contributed by atoms with Gasteiger partial charge in [0.2, 0.25) is 5.91 Å². The van der Waals surface area contributed by atoms with Crippen molar-refractivity contribution in [1.29, 1.82) is 0 Å². The molecule has 0 radical (unpaired) electrons. The van der Waals surface area contributed by atoms with Crippen molar-refractivity contribution in [1.82, 2.24) is 9.97 Å². The van der Waals surface area contributed by atoms with Crippen molar-refractivity contribution < 1.29 is 9.18 Å². The van der Waals surface area contributed by atoms with Crippen molar-refractivity contribution in [2.45, 2.75) is 13.3 Å². The van der Waals surface area contributed by atoms with E-state index in [0.29, 0.717) is 23.3 Å². The number of amides is 1. The number of nitrogens with one attached hydrogen (secondary N) is 1. The van der Waals surface area contributed by atoms with E-state index in [9.17, 15) is 9.18 Å². The van der Waals surface area contributed by atoms with E-state index in [-0.39, 0.29) is 11.7 Å². The Labute approximate surface area is 138 Å². The van der Waals surface area contributed by atoms with Crippen molar-refractivity contribution in [3.8, 4) is 0 Å². The number of nitrogens with zero attached hydrogens (tertiary/aromatic N) is 3. The van der Waals surface area contributed by atoms with E-state index < -0.39 is 0 Å². The maximum Gasteiger partial charge on any atom is 0.223 e. The van der Waals surface area contributed by atoms with Crippen LogP contribution in [0.5, 0.6) is 0 Å². The normalized spacial score (nSPS) is 13.2. The van der Waals surface area contributed by atoms with Gasteiger partial charge in [0.05, 0.1) is 5.52 Å². The SMILES string of the molecule is CC(=O)N1CCc2cc(Nc3ncnc4ccc(F)cc34)ccc21. The maximum atomic E-state index is 13.5. The van der Waals surface area contributed by atoms with Gasteiger partial charge >= 0.3 is 0 Å². The third-order valence-electron chi connectivity index (χ3n) is 4.22. The lowest BCUT2D eigenvalue weighted by Crippen LogP contribution is -2.25. The van der Waals surface area contributed by atoms with Crippen molar-refractivity contribution in [3.05, 3.63) is 54.1 Å². The first-order valence-electron chi connectivity index (χ1n) is 7.70. The van der Waals surface area contributed by atoms with E-state index >= 15 is 0 Å². The maximum absolute atomic E-state index is 13.5. The van der Waals surface area contributed by atoms with Crippen LogP contribution in [0, 0.1) is 5.82 Å². The summed E-state index contributed by atoms with van der Waals surface area (Å²) in [6, 6.07) is 10.3. The highest BCUT2D eigenvalue weighted by Gasteiger charge is 2.22. The summed E-state index contributed by atoms with van der Waals surface area (Å²) in [7, 11) is 0.